The molecule has 0 radical (unpaired) electrons. The molecular formula is C23H26ClN7O2. The summed E-state index contributed by atoms with van der Waals surface area (Å²) in [5.41, 5.74) is 1.35. The van der Waals surface area contributed by atoms with E-state index in [2.05, 4.69) is 39.3 Å². The number of fused-ring (bicyclic) bond motifs is 1. The van der Waals surface area contributed by atoms with E-state index in [1.807, 2.05) is 13.0 Å². The Morgan fingerprint density at radius 3 is 2.64 bits per heavy atom. The number of aromatic nitrogens is 6. The molecule has 4 rings (SSSR count). The predicted molar refractivity (Wildman–Crippen MR) is 128 cm³/mol. The molecule has 4 aromatic rings. The fourth-order valence-corrected chi connectivity index (χ4v) is 4.07. The quantitative estimate of drug-likeness (QED) is 0.398. The van der Waals surface area contributed by atoms with Crippen molar-refractivity contribution in [2.24, 2.45) is 5.92 Å². The number of H-pyrrole nitrogens is 1. The number of nitrogens with one attached hydrogen (secondary N) is 2. The zero-order chi connectivity index (χ0) is 23.5. The van der Waals surface area contributed by atoms with Gasteiger partial charge in [0.15, 0.2) is 5.65 Å². The highest BCUT2D eigenvalue weighted by Crippen LogP contribution is 2.21. The topological polar surface area (TPSA) is 110 Å². The summed E-state index contributed by atoms with van der Waals surface area (Å²) in [5.74, 6) is 0.489. The fourth-order valence-electron chi connectivity index (χ4n) is 3.89. The van der Waals surface area contributed by atoms with Gasteiger partial charge in [0.1, 0.15) is 11.2 Å². The van der Waals surface area contributed by atoms with Crippen molar-refractivity contribution in [2.45, 2.75) is 46.5 Å². The van der Waals surface area contributed by atoms with Crippen molar-refractivity contribution in [2.75, 3.05) is 5.32 Å². The van der Waals surface area contributed by atoms with E-state index in [1.54, 1.807) is 28.9 Å². The van der Waals surface area contributed by atoms with Gasteiger partial charge in [-0.3, -0.25) is 14.6 Å². The highest BCUT2D eigenvalue weighted by molar-refractivity contribution is 6.30. The molecule has 0 aliphatic rings. The third-order valence-corrected chi connectivity index (χ3v) is 5.64. The fraction of sp³-hybridized carbons (Fsp3) is 0.348. The third-order valence-electron chi connectivity index (χ3n) is 5.41. The molecule has 10 heteroatoms. The minimum Gasteiger partial charge on any atom is -0.310 e. The summed E-state index contributed by atoms with van der Waals surface area (Å²) in [6, 6.07) is 8.88. The van der Waals surface area contributed by atoms with E-state index in [1.165, 1.54) is 10.9 Å². The summed E-state index contributed by atoms with van der Waals surface area (Å²) in [7, 11) is 0. The normalized spacial score (nSPS) is 11.4. The second kappa shape index (κ2) is 9.58. The molecule has 0 aliphatic heterocycles. The number of carbonyl (C=O) groups excluding carboxylic acids is 1. The van der Waals surface area contributed by atoms with Gasteiger partial charge in [0.05, 0.1) is 17.6 Å². The van der Waals surface area contributed by atoms with Crippen LogP contribution in [0.2, 0.25) is 5.02 Å². The van der Waals surface area contributed by atoms with Crippen molar-refractivity contribution >= 4 is 34.4 Å². The summed E-state index contributed by atoms with van der Waals surface area (Å²) < 4.78 is 2.99. The zero-order valence-electron chi connectivity index (χ0n) is 18.8. The lowest BCUT2D eigenvalue weighted by molar-refractivity contribution is -0.120. The SMILES string of the molecule is CCCC(CCC)C(=O)Nc1cc(C)nn1-c1nc2c(cnn2-c2cccc(Cl)c2)c(=O)[nH]1. The number of amides is 1. The van der Waals surface area contributed by atoms with Gasteiger partial charge in [0, 0.05) is 17.0 Å². The van der Waals surface area contributed by atoms with E-state index in [0.717, 1.165) is 25.7 Å². The highest BCUT2D eigenvalue weighted by Gasteiger charge is 2.21. The molecule has 0 aliphatic carbocycles. The van der Waals surface area contributed by atoms with Crippen LogP contribution in [-0.2, 0) is 4.79 Å². The largest absolute Gasteiger partial charge is 0.310 e. The van der Waals surface area contributed by atoms with Crippen LogP contribution in [0, 0.1) is 12.8 Å². The van der Waals surface area contributed by atoms with E-state index in [0.29, 0.717) is 33.3 Å². The molecular weight excluding hydrogens is 442 g/mol. The van der Waals surface area contributed by atoms with Gasteiger partial charge >= 0.3 is 0 Å². The number of anilines is 1. The van der Waals surface area contributed by atoms with Crippen molar-refractivity contribution in [3.63, 3.8) is 0 Å². The molecule has 33 heavy (non-hydrogen) atoms. The maximum atomic E-state index is 12.9. The van der Waals surface area contributed by atoms with Crippen molar-refractivity contribution in [1.82, 2.24) is 29.5 Å². The molecule has 2 N–H and O–H groups in total. The Morgan fingerprint density at radius 2 is 1.94 bits per heavy atom. The van der Waals surface area contributed by atoms with Crippen LogP contribution in [0.1, 0.15) is 45.2 Å². The monoisotopic (exact) mass is 467 g/mol. The number of aryl methyl sites for hydroxylation is 1. The molecule has 3 aromatic heterocycles. The second-order valence-electron chi connectivity index (χ2n) is 8.01. The average molecular weight is 468 g/mol. The van der Waals surface area contributed by atoms with E-state index in [4.69, 9.17) is 11.6 Å². The maximum absolute atomic E-state index is 12.9. The van der Waals surface area contributed by atoms with E-state index in [-0.39, 0.29) is 23.3 Å². The lowest BCUT2D eigenvalue weighted by atomic mass is 9.97. The van der Waals surface area contributed by atoms with Crippen molar-refractivity contribution in [1.29, 1.82) is 0 Å². The number of nitrogens with zero attached hydrogens (tertiary/aromatic N) is 5. The molecule has 172 valence electrons. The van der Waals surface area contributed by atoms with Crippen LogP contribution in [-0.4, -0.2) is 35.4 Å². The number of rotatable bonds is 8. The number of halogens is 1. The molecule has 9 nitrogen and oxygen atoms in total. The Morgan fingerprint density at radius 1 is 1.18 bits per heavy atom. The number of hydrogen-bond donors (Lipinski definition) is 2. The first-order valence-electron chi connectivity index (χ1n) is 11.0. The van der Waals surface area contributed by atoms with Crippen molar-refractivity contribution < 1.29 is 4.79 Å². The Bertz CT molecular complexity index is 1350. The van der Waals surface area contributed by atoms with Gasteiger partial charge in [-0.2, -0.15) is 19.9 Å². The van der Waals surface area contributed by atoms with Gasteiger partial charge in [0.2, 0.25) is 11.9 Å². The van der Waals surface area contributed by atoms with Crippen LogP contribution in [0.5, 0.6) is 0 Å². The van der Waals surface area contributed by atoms with Crippen LogP contribution in [0.25, 0.3) is 22.7 Å². The lowest BCUT2D eigenvalue weighted by Crippen LogP contribution is -2.25. The molecule has 0 saturated heterocycles. The Kier molecular flexibility index (Phi) is 6.60. The summed E-state index contributed by atoms with van der Waals surface area (Å²) in [6.45, 7) is 5.95. The number of carbonyl (C=O) groups is 1. The first kappa shape index (κ1) is 22.7. The zero-order valence-corrected chi connectivity index (χ0v) is 19.6. The number of hydrogen-bond acceptors (Lipinski definition) is 5. The predicted octanol–water partition coefficient (Wildman–Crippen LogP) is 4.41. The highest BCUT2D eigenvalue weighted by atomic mass is 35.5. The third kappa shape index (κ3) is 4.68. The van der Waals surface area contributed by atoms with E-state index in [9.17, 15) is 9.59 Å². The number of aromatic amines is 1. The van der Waals surface area contributed by atoms with Gasteiger partial charge in [-0.1, -0.05) is 44.4 Å². The maximum Gasteiger partial charge on any atom is 0.263 e. The number of benzene rings is 1. The summed E-state index contributed by atoms with van der Waals surface area (Å²) in [6.07, 6.45) is 4.94. The Labute approximate surface area is 195 Å². The summed E-state index contributed by atoms with van der Waals surface area (Å²) >= 11 is 6.13. The smallest absolute Gasteiger partial charge is 0.263 e. The van der Waals surface area contributed by atoms with Gasteiger partial charge < -0.3 is 5.32 Å². The van der Waals surface area contributed by atoms with Crippen LogP contribution >= 0.6 is 11.6 Å². The molecule has 0 bridgehead atoms. The minimum absolute atomic E-state index is 0.0627. The molecule has 0 saturated carbocycles. The van der Waals surface area contributed by atoms with Gasteiger partial charge in [-0.05, 0) is 38.0 Å². The molecule has 1 amide bonds. The molecule has 1 aromatic carbocycles. The van der Waals surface area contributed by atoms with Crippen LogP contribution in [0.3, 0.4) is 0 Å². The first-order valence-corrected chi connectivity index (χ1v) is 11.4. The van der Waals surface area contributed by atoms with Crippen molar-refractivity contribution in [3.8, 4) is 11.6 Å². The standard InChI is InChI=1S/C23H26ClN7O2/c1-4-7-15(8-5-2)21(32)26-19-11-14(3)29-31(19)23-27-20-18(22(33)28-23)13-25-30(20)17-10-6-9-16(24)12-17/h6,9-13,15H,4-5,7-8H2,1-3H3,(H,26,32)(H,27,28,33). The minimum atomic E-state index is -0.358. The lowest BCUT2D eigenvalue weighted by Gasteiger charge is -2.15. The summed E-state index contributed by atoms with van der Waals surface area (Å²) in [5, 5.41) is 12.6. The molecule has 0 atom stereocenters. The van der Waals surface area contributed by atoms with Gasteiger partial charge in [-0.25, -0.2) is 4.68 Å². The molecule has 0 unspecified atom stereocenters. The van der Waals surface area contributed by atoms with E-state index < -0.39 is 0 Å². The molecule has 0 spiro atoms. The van der Waals surface area contributed by atoms with Crippen LogP contribution < -0.4 is 10.9 Å². The van der Waals surface area contributed by atoms with Crippen LogP contribution in [0.4, 0.5) is 5.82 Å². The van der Waals surface area contributed by atoms with Gasteiger partial charge in [-0.15, -0.1) is 0 Å². The van der Waals surface area contributed by atoms with Crippen molar-refractivity contribution in [3.05, 3.63) is 57.6 Å². The molecule has 3 heterocycles. The first-order chi connectivity index (χ1) is 15.9. The summed E-state index contributed by atoms with van der Waals surface area (Å²) in [4.78, 5) is 33.1. The Balaban J connectivity index is 1.76. The average Bonchev–Trinajstić information content (AvgIpc) is 3.37. The Hall–Kier alpha value is -3.46. The van der Waals surface area contributed by atoms with Crippen LogP contribution in [0.15, 0.2) is 41.3 Å². The van der Waals surface area contributed by atoms with Gasteiger partial charge in [0.25, 0.3) is 5.56 Å². The van der Waals surface area contributed by atoms with E-state index >= 15 is 0 Å². The second-order valence-corrected chi connectivity index (χ2v) is 8.45. The molecule has 0 fully saturated rings.